The van der Waals surface area contributed by atoms with E-state index in [4.69, 9.17) is 0 Å². The summed E-state index contributed by atoms with van der Waals surface area (Å²) < 4.78 is 28.3. The minimum absolute atomic E-state index is 0.0267. The largest absolute Gasteiger partial charge is 0.435 e. The number of non-ortho nitro benzene ring substituents is 1. The van der Waals surface area contributed by atoms with Crippen LogP contribution < -0.4 is 4.74 Å². The van der Waals surface area contributed by atoms with Gasteiger partial charge >= 0.3 is 6.61 Å². The molecule has 2 rings (SSSR count). The Morgan fingerprint density at radius 1 is 1.09 bits per heavy atom. The van der Waals surface area contributed by atoms with E-state index in [1.165, 1.54) is 60.7 Å². The highest BCUT2D eigenvalue weighted by atomic mass is 19.3. The quantitative estimate of drug-likeness (QED) is 0.348. The second-order valence-electron chi connectivity index (χ2n) is 4.45. The van der Waals surface area contributed by atoms with E-state index in [-0.39, 0.29) is 17.2 Å². The third kappa shape index (κ3) is 4.70. The van der Waals surface area contributed by atoms with Crippen LogP contribution in [-0.4, -0.2) is 17.3 Å². The van der Waals surface area contributed by atoms with Gasteiger partial charge in [0.25, 0.3) is 5.69 Å². The van der Waals surface area contributed by atoms with Crippen LogP contribution in [0.1, 0.15) is 15.9 Å². The number of hydrogen-bond donors (Lipinski definition) is 0. The highest BCUT2D eigenvalue weighted by molar-refractivity contribution is 6.06. The number of alkyl halides is 2. The third-order valence-corrected chi connectivity index (χ3v) is 2.90. The van der Waals surface area contributed by atoms with Crippen LogP contribution in [-0.2, 0) is 0 Å². The van der Waals surface area contributed by atoms with Gasteiger partial charge in [0, 0.05) is 17.7 Å². The van der Waals surface area contributed by atoms with Crippen molar-refractivity contribution in [3.8, 4) is 5.75 Å². The summed E-state index contributed by atoms with van der Waals surface area (Å²) in [4.78, 5) is 21.9. The fourth-order valence-electron chi connectivity index (χ4n) is 1.78. The van der Waals surface area contributed by atoms with Crippen molar-refractivity contribution in [1.29, 1.82) is 0 Å². The summed E-state index contributed by atoms with van der Waals surface area (Å²) in [7, 11) is 0. The fraction of sp³-hybridized carbons (Fsp3) is 0.0625. The molecular weight excluding hydrogens is 308 g/mol. The zero-order valence-electron chi connectivity index (χ0n) is 11.7. The van der Waals surface area contributed by atoms with E-state index >= 15 is 0 Å². The first-order chi connectivity index (χ1) is 11.0. The lowest BCUT2D eigenvalue weighted by Gasteiger charge is -2.03. The van der Waals surface area contributed by atoms with Crippen molar-refractivity contribution in [2.24, 2.45) is 0 Å². The maximum Gasteiger partial charge on any atom is 0.387 e. The predicted octanol–water partition coefficient (Wildman–Crippen LogP) is 4.09. The summed E-state index contributed by atoms with van der Waals surface area (Å²) in [6.45, 7) is -2.89. The zero-order valence-corrected chi connectivity index (χ0v) is 11.7. The Morgan fingerprint density at radius 3 is 2.22 bits per heavy atom. The van der Waals surface area contributed by atoms with E-state index in [9.17, 15) is 23.7 Å². The first-order valence-electron chi connectivity index (χ1n) is 6.47. The van der Waals surface area contributed by atoms with Gasteiger partial charge in [-0.2, -0.15) is 8.78 Å². The van der Waals surface area contributed by atoms with Crippen molar-refractivity contribution in [2.75, 3.05) is 0 Å². The van der Waals surface area contributed by atoms with E-state index in [0.29, 0.717) is 11.1 Å². The molecule has 0 amide bonds. The van der Waals surface area contributed by atoms with Crippen LogP contribution >= 0.6 is 0 Å². The predicted molar refractivity (Wildman–Crippen MR) is 79.5 cm³/mol. The molecule has 0 unspecified atom stereocenters. The third-order valence-electron chi connectivity index (χ3n) is 2.90. The lowest BCUT2D eigenvalue weighted by Crippen LogP contribution is -2.01. The first-order valence-corrected chi connectivity index (χ1v) is 6.47. The molecule has 118 valence electrons. The topological polar surface area (TPSA) is 69.4 Å². The van der Waals surface area contributed by atoms with Crippen molar-refractivity contribution in [2.45, 2.75) is 6.61 Å². The number of rotatable bonds is 6. The van der Waals surface area contributed by atoms with Crippen LogP contribution in [0.4, 0.5) is 14.5 Å². The summed E-state index contributed by atoms with van der Waals surface area (Å²) in [5.41, 5.74) is 0.839. The van der Waals surface area contributed by atoms with Crippen LogP contribution in [0.5, 0.6) is 5.75 Å². The van der Waals surface area contributed by atoms with Gasteiger partial charge in [0.2, 0.25) is 0 Å². The highest BCUT2D eigenvalue weighted by Crippen LogP contribution is 2.16. The normalized spacial score (nSPS) is 10.9. The molecule has 0 atom stereocenters. The average molecular weight is 319 g/mol. The van der Waals surface area contributed by atoms with Gasteiger partial charge in [0.05, 0.1) is 4.92 Å². The van der Waals surface area contributed by atoms with Crippen LogP contribution in [0.2, 0.25) is 0 Å². The lowest BCUT2D eigenvalue weighted by molar-refractivity contribution is -0.384. The van der Waals surface area contributed by atoms with Gasteiger partial charge in [0.1, 0.15) is 5.75 Å². The van der Waals surface area contributed by atoms with Gasteiger partial charge < -0.3 is 4.74 Å². The van der Waals surface area contributed by atoms with Crippen LogP contribution in [0.3, 0.4) is 0 Å². The molecule has 0 saturated heterocycles. The van der Waals surface area contributed by atoms with E-state index in [2.05, 4.69) is 4.74 Å². The second-order valence-corrected chi connectivity index (χ2v) is 4.45. The Morgan fingerprint density at radius 2 is 1.70 bits per heavy atom. The average Bonchev–Trinajstić information content (AvgIpc) is 2.53. The Bertz CT molecular complexity index is 725. The van der Waals surface area contributed by atoms with E-state index in [1.54, 1.807) is 0 Å². The number of carbonyl (C=O) groups is 1. The second kappa shape index (κ2) is 7.26. The highest BCUT2D eigenvalue weighted by Gasteiger charge is 2.07. The molecule has 0 saturated carbocycles. The first kappa shape index (κ1) is 16.3. The monoisotopic (exact) mass is 319 g/mol. The standard InChI is InChI=1S/C16H11F2NO4/c17-16(18)23-14-8-1-11(2-9-14)3-10-15(20)12-4-6-13(7-5-12)19(21)22/h1-10,16H/b10-3+. The van der Waals surface area contributed by atoms with Crippen molar-refractivity contribution in [1.82, 2.24) is 0 Å². The van der Waals surface area contributed by atoms with E-state index in [0.717, 1.165) is 0 Å². The number of nitro groups is 1. The Hall–Kier alpha value is -3.09. The molecule has 0 radical (unpaired) electrons. The van der Waals surface area contributed by atoms with Crippen molar-refractivity contribution < 1.29 is 23.2 Å². The molecule has 7 heteroatoms. The number of nitro benzene ring substituents is 1. The number of allylic oxidation sites excluding steroid dienone is 1. The molecule has 0 aromatic heterocycles. The number of ether oxygens (including phenoxy) is 1. The van der Waals surface area contributed by atoms with Gasteiger partial charge in [-0.25, -0.2) is 0 Å². The molecule has 0 spiro atoms. The minimum Gasteiger partial charge on any atom is -0.435 e. The molecule has 0 fully saturated rings. The van der Waals surface area contributed by atoms with Gasteiger partial charge in [-0.05, 0) is 35.9 Å². The summed E-state index contributed by atoms with van der Waals surface area (Å²) in [5, 5.41) is 10.5. The number of halogens is 2. The summed E-state index contributed by atoms with van der Waals surface area (Å²) in [6, 6.07) is 11.0. The number of hydrogen-bond acceptors (Lipinski definition) is 4. The molecule has 5 nitrogen and oxygen atoms in total. The maximum absolute atomic E-state index is 12.0. The number of carbonyl (C=O) groups excluding carboxylic acids is 1. The summed E-state index contributed by atoms with van der Waals surface area (Å²) in [6.07, 6.45) is 2.81. The van der Waals surface area contributed by atoms with Gasteiger partial charge in [0.15, 0.2) is 5.78 Å². The lowest BCUT2D eigenvalue weighted by atomic mass is 10.1. The van der Waals surface area contributed by atoms with Crippen molar-refractivity contribution in [3.05, 3.63) is 75.8 Å². The molecule has 0 bridgehead atoms. The van der Waals surface area contributed by atoms with Crippen molar-refractivity contribution >= 4 is 17.5 Å². The fourth-order valence-corrected chi connectivity index (χ4v) is 1.78. The summed E-state index contributed by atoms with van der Waals surface area (Å²) in [5.74, 6) is -0.299. The van der Waals surface area contributed by atoms with Gasteiger partial charge in [-0.3, -0.25) is 14.9 Å². The Kier molecular flexibility index (Phi) is 5.14. The molecular formula is C16H11F2NO4. The van der Waals surface area contributed by atoms with Crippen LogP contribution in [0.25, 0.3) is 6.08 Å². The van der Waals surface area contributed by atoms with Gasteiger partial charge in [-0.15, -0.1) is 0 Å². The van der Waals surface area contributed by atoms with E-state index in [1.807, 2.05) is 0 Å². The number of nitrogens with zero attached hydrogens (tertiary/aromatic N) is 1. The smallest absolute Gasteiger partial charge is 0.387 e. The Labute approximate surface area is 130 Å². The molecule has 2 aromatic carbocycles. The number of benzene rings is 2. The molecule has 23 heavy (non-hydrogen) atoms. The number of ketones is 1. The molecule has 0 heterocycles. The molecule has 0 aliphatic carbocycles. The molecule has 0 aliphatic heterocycles. The molecule has 2 aromatic rings. The molecule has 0 aliphatic rings. The van der Waals surface area contributed by atoms with Crippen LogP contribution in [0.15, 0.2) is 54.6 Å². The van der Waals surface area contributed by atoms with Gasteiger partial charge in [-0.1, -0.05) is 18.2 Å². The Balaban J connectivity index is 2.04. The SMILES string of the molecule is O=C(/C=C/c1ccc(OC(F)F)cc1)c1ccc([N+](=O)[O-])cc1. The van der Waals surface area contributed by atoms with E-state index < -0.39 is 11.5 Å². The molecule has 0 N–H and O–H groups in total. The maximum atomic E-state index is 12.0. The summed E-state index contributed by atoms with van der Waals surface area (Å²) >= 11 is 0. The minimum atomic E-state index is -2.89. The van der Waals surface area contributed by atoms with Crippen molar-refractivity contribution in [3.63, 3.8) is 0 Å². The van der Waals surface area contributed by atoms with Crippen LogP contribution in [0, 0.1) is 10.1 Å². The zero-order chi connectivity index (χ0) is 16.8.